The molecular weight excluding hydrogens is 348 g/mol. The number of phenolic OH excluding ortho intramolecular Hbond substituents is 1. The number of carbonyl (C=O) groups is 1. The van der Waals surface area contributed by atoms with Crippen molar-refractivity contribution in [3.05, 3.63) is 77.9 Å². The minimum Gasteiger partial charge on any atom is -0.508 e. The van der Waals surface area contributed by atoms with E-state index < -0.39 is 0 Å². The van der Waals surface area contributed by atoms with Crippen molar-refractivity contribution in [2.45, 2.75) is 38.9 Å². The Kier molecular flexibility index (Phi) is 6.32. The first-order valence-corrected chi connectivity index (χ1v) is 9.91. The SMILES string of the molecule is C=CCN1C[C@H](C)N([C@@H](c2cccc(O)c2)c2cccc(C(C)=O)c2)C[C@H]1C. The summed E-state index contributed by atoms with van der Waals surface area (Å²) in [6.07, 6.45) is 1.96. The fraction of sp³-hybridized carbons (Fsp3) is 0.375. The number of hydrogen-bond donors (Lipinski definition) is 1. The highest BCUT2D eigenvalue weighted by molar-refractivity contribution is 5.94. The molecule has 0 radical (unpaired) electrons. The molecule has 2 aromatic carbocycles. The van der Waals surface area contributed by atoms with Gasteiger partial charge in [0.1, 0.15) is 5.75 Å². The molecule has 1 saturated heterocycles. The quantitative estimate of drug-likeness (QED) is 0.602. The summed E-state index contributed by atoms with van der Waals surface area (Å²) in [6, 6.07) is 16.0. The number of benzene rings is 2. The summed E-state index contributed by atoms with van der Waals surface area (Å²) in [6.45, 7) is 12.7. The molecule has 3 atom stereocenters. The van der Waals surface area contributed by atoms with Crippen molar-refractivity contribution in [3.63, 3.8) is 0 Å². The zero-order valence-corrected chi connectivity index (χ0v) is 17.0. The summed E-state index contributed by atoms with van der Waals surface area (Å²) in [5, 5.41) is 10.1. The molecule has 4 heteroatoms. The van der Waals surface area contributed by atoms with E-state index in [1.807, 2.05) is 36.4 Å². The molecule has 0 unspecified atom stereocenters. The molecule has 0 spiro atoms. The molecule has 1 aliphatic rings. The molecule has 148 valence electrons. The van der Waals surface area contributed by atoms with Crippen LogP contribution in [-0.2, 0) is 0 Å². The van der Waals surface area contributed by atoms with Crippen LogP contribution < -0.4 is 0 Å². The maximum atomic E-state index is 11.9. The number of ketones is 1. The fourth-order valence-electron chi connectivity index (χ4n) is 4.20. The molecule has 2 aromatic rings. The number of nitrogens with zero attached hydrogens (tertiary/aromatic N) is 2. The van der Waals surface area contributed by atoms with Crippen molar-refractivity contribution in [1.82, 2.24) is 9.80 Å². The Hall–Kier alpha value is -2.43. The average Bonchev–Trinajstić information content (AvgIpc) is 2.66. The average molecular weight is 379 g/mol. The van der Waals surface area contributed by atoms with E-state index in [0.29, 0.717) is 17.6 Å². The maximum Gasteiger partial charge on any atom is 0.159 e. The third kappa shape index (κ3) is 4.34. The summed E-state index contributed by atoms with van der Waals surface area (Å²) in [7, 11) is 0. The molecule has 0 aromatic heterocycles. The first kappa shape index (κ1) is 20.3. The van der Waals surface area contributed by atoms with Crippen LogP contribution in [-0.4, -0.2) is 52.4 Å². The molecule has 0 amide bonds. The monoisotopic (exact) mass is 378 g/mol. The summed E-state index contributed by atoms with van der Waals surface area (Å²) in [5.74, 6) is 0.324. The van der Waals surface area contributed by atoms with Crippen LogP contribution in [0.3, 0.4) is 0 Å². The van der Waals surface area contributed by atoms with Gasteiger partial charge in [-0.25, -0.2) is 0 Å². The van der Waals surface area contributed by atoms with E-state index in [9.17, 15) is 9.90 Å². The standard InChI is InChI=1S/C24H30N2O2/c1-5-12-25-15-18(3)26(16-17(25)2)24(22-10-7-11-23(28)14-22)21-9-6-8-20(13-21)19(4)27/h5-11,13-14,17-18,24,28H,1,12,15-16H2,2-4H3/t17-,18+,24-/m1/s1. The predicted molar refractivity (Wildman–Crippen MR) is 114 cm³/mol. The number of phenols is 1. The lowest BCUT2D eigenvalue weighted by Crippen LogP contribution is -2.57. The first-order valence-electron chi connectivity index (χ1n) is 9.91. The van der Waals surface area contributed by atoms with Gasteiger partial charge in [-0.15, -0.1) is 6.58 Å². The third-order valence-corrected chi connectivity index (χ3v) is 5.65. The predicted octanol–water partition coefficient (Wildman–Crippen LogP) is 4.26. The fourth-order valence-corrected chi connectivity index (χ4v) is 4.20. The van der Waals surface area contributed by atoms with Crippen LogP contribution in [0.1, 0.15) is 48.3 Å². The van der Waals surface area contributed by atoms with Crippen LogP contribution in [0.4, 0.5) is 0 Å². The molecule has 0 saturated carbocycles. The summed E-state index contributed by atoms with van der Waals surface area (Å²) >= 11 is 0. The molecule has 1 N–H and O–H groups in total. The van der Waals surface area contributed by atoms with Gasteiger partial charge in [0.2, 0.25) is 0 Å². The van der Waals surface area contributed by atoms with E-state index in [2.05, 4.69) is 42.4 Å². The molecule has 0 bridgehead atoms. The van der Waals surface area contributed by atoms with Gasteiger partial charge < -0.3 is 5.11 Å². The minimum atomic E-state index is -0.0188. The highest BCUT2D eigenvalue weighted by Crippen LogP contribution is 2.34. The Bertz CT molecular complexity index is 848. The Morgan fingerprint density at radius 1 is 1.14 bits per heavy atom. The van der Waals surface area contributed by atoms with Crippen LogP contribution in [0, 0.1) is 0 Å². The van der Waals surface area contributed by atoms with Gasteiger partial charge in [-0.2, -0.15) is 0 Å². The summed E-state index contributed by atoms with van der Waals surface area (Å²) in [5.41, 5.74) is 2.83. The molecular formula is C24H30N2O2. The third-order valence-electron chi connectivity index (χ3n) is 5.65. The van der Waals surface area contributed by atoms with Crippen molar-refractivity contribution in [2.75, 3.05) is 19.6 Å². The van der Waals surface area contributed by atoms with E-state index in [-0.39, 0.29) is 17.6 Å². The van der Waals surface area contributed by atoms with Crippen molar-refractivity contribution >= 4 is 5.78 Å². The first-order chi connectivity index (χ1) is 13.4. The smallest absolute Gasteiger partial charge is 0.159 e. The van der Waals surface area contributed by atoms with Gasteiger partial charge in [0.05, 0.1) is 6.04 Å². The summed E-state index contributed by atoms with van der Waals surface area (Å²) < 4.78 is 0. The van der Waals surface area contributed by atoms with E-state index in [1.54, 1.807) is 13.0 Å². The Balaban J connectivity index is 2.03. The van der Waals surface area contributed by atoms with Crippen LogP contribution in [0.5, 0.6) is 5.75 Å². The van der Waals surface area contributed by atoms with Crippen molar-refractivity contribution < 1.29 is 9.90 Å². The van der Waals surface area contributed by atoms with Gasteiger partial charge in [-0.3, -0.25) is 14.6 Å². The van der Waals surface area contributed by atoms with Gasteiger partial charge in [0.25, 0.3) is 0 Å². The van der Waals surface area contributed by atoms with Crippen LogP contribution in [0.25, 0.3) is 0 Å². The number of aromatic hydroxyl groups is 1. The number of Topliss-reactive ketones (excluding diaryl/α,β-unsaturated/α-hetero) is 1. The van der Waals surface area contributed by atoms with Gasteiger partial charge in [-0.1, -0.05) is 36.4 Å². The molecule has 3 rings (SSSR count). The normalized spacial score (nSPS) is 22.0. The molecule has 1 aliphatic heterocycles. The molecule has 0 aliphatic carbocycles. The largest absolute Gasteiger partial charge is 0.508 e. The second kappa shape index (κ2) is 8.72. The number of rotatable bonds is 6. The molecule has 28 heavy (non-hydrogen) atoms. The lowest BCUT2D eigenvalue weighted by atomic mass is 9.92. The van der Waals surface area contributed by atoms with Crippen molar-refractivity contribution in [1.29, 1.82) is 0 Å². The number of piperazine rings is 1. The Morgan fingerprint density at radius 3 is 2.46 bits per heavy atom. The highest BCUT2D eigenvalue weighted by Gasteiger charge is 2.34. The molecule has 1 fully saturated rings. The number of carbonyl (C=O) groups excluding carboxylic acids is 1. The van der Waals surface area contributed by atoms with Crippen molar-refractivity contribution in [3.8, 4) is 5.75 Å². The minimum absolute atomic E-state index is 0.0188. The van der Waals surface area contributed by atoms with Gasteiger partial charge >= 0.3 is 0 Å². The van der Waals surface area contributed by atoms with Crippen LogP contribution in [0.15, 0.2) is 61.2 Å². The zero-order chi connectivity index (χ0) is 20.3. The maximum absolute atomic E-state index is 11.9. The zero-order valence-electron chi connectivity index (χ0n) is 17.0. The number of hydrogen-bond acceptors (Lipinski definition) is 4. The van der Waals surface area contributed by atoms with Crippen molar-refractivity contribution in [2.24, 2.45) is 0 Å². The van der Waals surface area contributed by atoms with E-state index in [0.717, 1.165) is 30.8 Å². The van der Waals surface area contributed by atoms with E-state index in [4.69, 9.17) is 0 Å². The second-order valence-electron chi connectivity index (χ2n) is 7.82. The molecule has 4 nitrogen and oxygen atoms in total. The lowest BCUT2D eigenvalue weighted by Gasteiger charge is -2.47. The van der Waals surface area contributed by atoms with Gasteiger partial charge in [-0.05, 0) is 50.1 Å². The topological polar surface area (TPSA) is 43.8 Å². The highest BCUT2D eigenvalue weighted by atomic mass is 16.3. The van der Waals surface area contributed by atoms with Crippen LogP contribution >= 0.6 is 0 Å². The lowest BCUT2D eigenvalue weighted by molar-refractivity contribution is 0.0306. The van der Waals surface area contributed by atoms with E-state index in [1.165, 1.54) is 0 Å². The summed E-state index contributed by atoms with van der Waals surface area (Å²) in [4.78, 5) is 16.9. The van der Waals surface area contributed by atoms with Gasteiger partial charge in [0, 0.05) is 37.3 Å². The Labute approximate surface area is 168 Å². The molecule has 1 heterocycles. The van der Waals surface area contributed by atoms with E-state index >= 15 is 0 Å². The van der Waals surface area contributed by atoms with Crippen LogP contribution in [0.2, 0.25) is 0 Å². The Morgan fingerprint density at radius 2 is 1.82 bits per heavy atom. The second-order valence-corrected chi connectivity index (χ2v) is 7.82. The van der Waals surface area contributed by atoms with Gasteiger partial charge in [0.15, 0.2) is 5.78 Å².